The third-order valence-electron chi connectivity index (χ3n) is 3.47. The van der Waals surface area contributed by atoms with Crippen molar-refractivity contribution >= 4 is 35.2 Å². The molecule has 2 aromatic rings. The molecule has 0 heterocycles. The molecule has 0 aromatic heterocycles. The van der Waals surface area contributed by atoms with Gasteiger partial charge in [-0.15, -0.1) is 0 Å². The highest BCUT2D eigenvalue weighted by molar-refractivity contribution is 6.03. The minimum atomic E-state index is -0.767. The number of ether oxygens (including phenoxy) is 2. The molecule has 0 aliphatic heterocycles. The first-order valence-corrected chi connectivity index (χ1v) is 8.79. The minimum absolute atomic E-state index is 0.0699. The van der Waals surface area contributed by atoms with Gasteiger partial charge in [0.25, 0.3) is 0 Å². The van der Waals surface area contributed by atoms with Gasteiger partial charge in [-0.3, -0.25) is 20.2 Å². The zero-order valence-corrected chi connectivity index (χ0v) is 16.3. The van der Waals surface area contributed by atoms with E-state index in [9.17, 15) is 14.4 Å². The van der Waals surface area contributed by atoms with Crippen LogP contribution in [0.2, 0.25) is 0 Å². The van der Waals surface area contributed by atoms with E-state index in [-0.39, 0.29) is 24.2 Å². The lowest BCUT2D eigenvalue weighted by molar-refractivity contribution is -0.119. The van der Waals surface area contributed by atoms with Crippen LogP contribution < -0.4 is 20.7 Å². The number of hydrogen-bond donors (Lipinski definition) is 3. The molecule has 9 nitrogen and oxygen atoms in total. The summed E-state index contributed by atoms with van der Waals surface area (Å²) in [4.78, 5) is 38.7. The van der Waals surface area contributed by atoms with E-state index in [4.69, 9.17) is 4.74 Å². The monoisotopic (exact) mass is 398 g/mol. The van der Waals surface area contributed by atoms with Crippen LogP contribution >= 0.6 is 0 Å². The molecule has 0 fully saturated rings. The number of aliphatic imine (C=N–C) groups is 1. The third kappa shape index (κ3) is 6.98. The van der Waals surface area contributed by atoms with Crippen molar-refractivity contribution in [2.45, 2.75) is 20.3 Å². The van der Waals surface area contributed by atoms with Gasteiger partial charge in [0.1, 0.15) is 5.75 Å². The molecule has 0 bridgehead atoms. The highest BCUT2D eigenvalue weighted by Crippen LogP contribution is 2.31. The second kappa shape index (κ2) is 10.5. The first-order valence-electron chi connectivity index (χ1n) is 8.79. The van der Waals surface area contributed by atoms with Gasteiger partial charge in [-0.05, 0) is 24.3 Å². The van der Waals surface area contributed by atoms with Crippen molar-refractivity contribution in [2.75, 3.05) is 12.4 Å². The molecule has 0 aliphatic carbocycles. The molecule has 29 heavy (non-hydrogen) atoms. The number of methoxy groups -OCH3 is 1. The van der Waals surface area contributed by atoms with E-state index in [2.05, 4.69) is 25.7 Å². The van der Waals surface area contributed by atoms with Crippen LogP contribution in [0.3, 0.4) is 0 Å². The van der Waals surface area contributed by atoms with Crippen LogP contribution in [0.25, 0.3) is 0 Å². The standard InChI is InChI=1S/C20H22N4O5/c1-4-18(26)23-19(24-20(27)28-3)22-14-8-7-9-15(12-14)29-17-11-6-5-10-16(17)21-13(2)25/h5-12H,4H2,1-3H3,(H,21,25)(H2,22,23,24,26,27). The predicted molar refractivity (Wildman–Crippen MR) is 108 cm³/mol. The molecule has 2 rings (SSSR count). The second-order valence-electron chi connectivity index (χ2n) is 5.76. The van der Waals surface area contributed by atoms with Gasteiger partial charge < -0.3 is 14.8 Å². The summed E-state index contributed by atoms with van der Waals surface area (Å²) in [6.45, 7) is 3.08. The number of hydrogen-bond acceptors (Lipinski definition) is 6. The molecule has 0 saturated heterocycles. The van der Waals surface area contributed by atoms with Crippen molar-refractivity contribution in [1.29, 1.82) is 0 Å². The highest BCUT2D eigenvalue weighted by atomic mass is 16.5. The van der Waals surface area contributed by atoms with E-state index in [0.717, 1.165) is 0 Å². The summed E-state index contributed by atoms with van der Waals surface area (Å²) < 4.78 is 10.4. The Kier molecular flexibility index (Phi) is 7.72. The number of nitrogens with zero attached hydrogens (tertiary/aromatic N) is 1. The molecule has 3 amide bonds. The fourth-order valence-corrected chi connectivity index (χ4v) is 2.18. The lowest BCUT2D eigenvalue weighted by atomic mass is 10.2. The predicted octanol–water partition coefficient (Wildman–Crippen LogP) is 3.31. The zero-order chi connectivity index (χ0) is 21.2. The maximum Gasteiger partial charge on any atom is 0.413 e. The van der Waals surface area contributed by atoms with Crippen LogP contribution in [-0.2, 0) is 14.3 Å². The summed E-state index contributed by atoms with van der Waals surface area (Å²) in [5, 5.41) is 7.54. The number of anilines is 1. The maximum atomic E-state index is 11.7. The van der Waals surface area contributed by atoms with Gasteiger partial charge >= 0.3 is 6.09 Å². The number of rotatable bonds is 5. The van der Waals surface area contributed by atoms with Crippen molar-refractivity contribution in [3.05, 3.63) is 48.5 Å². The van der Waals surface area contributed by atoms with Crippen LogP contribution in [0.15, 0.2) is 53.5 Å². The van der Waals surface area contributed by atoms with E-state index in [1.807, 2.05) is 0 Å². The molecule has 0 radical (unpaired) electrons. The molecule has 0 saturated carbocycles. The Bertz CT molecular complexity index is 907. The number of benzene rings is 2. The first-order chi connectivity index (χ1) is 13.9. The van der Waals surface area contributed by atoms with Gasteiger partial charge in [-0.2, -0.15) is 0 Å². The van der Waals surface area contributed by atoms with Gasteiger partial charge in [0.05, 0.1) is 18.5 Å². The van der Waals surface area contributed by atoms with E-state index in [1.54, 1.807) is 55.5 Å². The van der Waals surface area contributed by atoms with Crippen molar-refractivity contribution in [1.82, 2.24) is 10.6 Å². The lowest BCUT2D eigenvalue weighted by Gasteiger charge is -2.12. The summed E-state index contributed by atoms with van der Waals surface area (Å²) in [7, 11) is 1.20. The van der Waals surface area contributed by atoms with Crippen LogP contribution in [-0.4, -0.2) is 31.0 Å². The Morgan fingerprint density at radius 2 is 1.79 bits per heavy atom. The van der Waals surface area contributed by atoms with Crippen LogP contribution in [0, 0.1) is 0 Å². The van der Waals surface area contributed by atoms with E-state index >= 15 is 0 Å². The summed E-state index contributed by atoms with van der Waals surface area (Å²) >= 11 is 0. The fraction of sp³-hybridized carbons (Fsp3) is 0.200. The van der Waals surface area contributed by atoms with Gasteiger partial charge in [0.15, 0.2) is 5.75 Å². The average molecular weight is 398 g/mol. The summed E-state index contributed by atoms with van der Waals surface area (Å²) in [5.41, 5.74) is 0.944. The highest BCUT2D eigenvalue weighted by Gasteiger charge is 2.10. The Morgan fingerprint density at radius 3 is 2.48 bits per heavy atom. The Balaban J connectivity index is 2.27. The lowest BCUT2D eigenvalue weighted by Crippen LogP contribution is -2.43. The number of carbonyl (C=O) groups excluding carboxylic acids is 3. The number of nitrogens with one attached hydrogen (secondary N) is 3. The van der Waals surface area contributed by atoms with Crippen molar-refractivity contribution in [3.8, 4) is 11.5 Å². The fourth-order valence-electron chi connectivity index (χ4n) is 2.18. The van der Waals surface area contributed by atoms with Crippen molar-refractivity contribution < 1.29 is 23.9 Å². The smallest absolute Gasteiger partial charge is 0.413 e. The molecule has 3 N–H and O–H groups in total. The second-order valence-corrected chi connectivity index (χ2v) is 5.76. The van der Waals surface area contributed by atoms with Gasteiger partial charge in [0, 0.05) is 19.4 Å². The summed E-state index contributed by atoms with van der Waals surface area (Å²) in [5.74, 6) is 0.292. The van der Waals surface area contributed by atoms with Crippen LogP contribution in [0.1, 0.15) is 20.3 Å². The van der Waals surface area contributed by atoms with E-state index in [0.29, 0.717) is 22.9 Å². The SMILES string of the molecule is CCC(=O)NC(=Nc1cccc(Oc2ccccc2NC(C)=O)c1)NC(=O)OC. The molecule has 0 spiro atoms. The molecular weight excluding hydrogens is 376 g/mol. The molecule has 0 aliphatic rings. The average Bonchev–Trinajstić information content (AvgIpc) is 2.69. The summed E-state index contributed by atoms with van der Waals surface area (Å²) in [6.07, 6.45) is -0.554. The Labute approximate surface area is 168 Å². The summed E-state index contributed by atoms with van der Waals surface area (Å²) in [6, 6.07) is 13.7. The Morgan fingerprint density at radius 1 is 1.03 bits per heavy atom. The van der Waals surface area contributed by atoms with Gasteiger partial charge in [-0.1, -0.05) is 25.1 Å². The molecular formula is C20H22N4O5. The third-order valence-corrected chi connectivity index (χ3v) is 3.47. The van der Waals surface area contributed by atoms with Crippen LogP contribution in [0.5, 0.6) is 11.5 Å². The quantitative estimate of drug-likeness (QED) is 0.527. The molecule has 2 aromatic carbocycles. The van der Waals surface area contributed by atoms with Gasteiger partial charge in [-0.25, -0.2) is 9.79 Å². The van der Waals surface area contributed by atoms with Crippen molar-refractivity contribution in [2.24, 2.45) is 4.99 Å². The van der Waals surface area contributed by atoms with Crippen molar-refractivity contribution in [3.63, 3.8) is 0 Å². The topological polar surface area (TPSA) is 118 Å². The number of para-hydroxylation sites is 2. The number of alkyl carbamates (subject to hydrolysis) is 1. The van der Waals surface area contributed by atoms with Gasteiger partial charge in [0.2, 0.25) is 17.8 Å². The van der Waals surface area contributed by atoms with Crippen LogP contribution in [0.4, 0.5) is 16.2 Å². The number of carbonyl (C=O) groups is 3. The molecule has 0 unspecified atom stereocenters. The molecule has 0 atom stereocenters. The minimum Gasteiger partial charge on any atom is -0.455 e. The zero-order valence-electron chi connectivity index (χ0n) is 16.3. The first kappa shape index (κ1) is 21.4. The van der Waals surface area contributed by atoms with E-state index in [1.165, 1.54) is 14.0 Å². The van der Waals surface area contributed by atoms with E-state index < -0.39 is 6.09 Å². The normalized spacial score (nSPS) is 10.7. The number of amides is 3. The Hall–Kier alpha value is -3.88. The largest absolute Gasteiger partial charge is 0.455 e. The molecule has 9 heteroatoms. The molecule has 152 valence electrons. The number of guanidine groups is 1. The maximum absolute atomic E-state index is 11.7.